The van der Waals surface area contributed by atoms with E-state index in [9.17, 15) is 0 Å². The molecule has 0 aliphatic carbocycles. The first kappa shape index (κ1) is 29.2. The minimum atomic E-state index is 0.730. The zero-order valence-corrected chi connectivity index (χ0v) is 25.5. The van der Waals surface area contributed by atoms with E-state index < -0.39 is 0 Å². The number of benzene rings is 7. The van der Waals surface area contributed by atoms with Crippen molar-refractivity contribution in [1.82, 2.24) is 0 Å². The molecule has 0 fully saturated rings. The molecule has 7 rings (SSSR count). The molecule has 0 aliphatic rings. The number of allylic oxidation sites excluding steroid dienone is 4. The van der Waals surface area contributed by atoms with Gasteiger partial charge in [-0.3, -0.25) is 0 Å². The molecule has 218 valence electrons. The van der Waals surface area contributed by atoms with Gasteiger partial charge >= 0.3 is 0 Å². The summed E-state index contributed by atoms with van der Waals surface area (Å²) in [4.78, 5) is 0. The predicted molar refractivity (Wildman–Crippen MR) is 198 cm³/mol. The van der Waals surface area contributed by atoms with E-state index in [-0.39, 0.29) is 0 Å². The quantitative estimate of drug-likeness (QED) is 0.117. The Morgan fingerprint density at radius 1 is 0.578 bits per heavy atom. The molecule has 2 heteroatoms. The molecule has 0 saturated carbocycles. The second-order valence-electron chi connectivity index (χ2n) is 11.0. The van der Waals surface area contributed by atoms with E-state index in [4.69, 9.17) is 5.73 Å². The highest BCUT2D eigenvalue weighted by atomic mass is 14.9. The first-order chi connectivity index (χ1) is 22.1. The molecule has 0 bridgehead atoms. The highest BCUT2D eigenvalue weighted by Crippen LogP contribution is 2.44. The predicted octanol–water partition coefficient (Wildman–Crippen LogP) is 12.1. The monoisotopic (exact) mass is 580 g/mol. The summed E-state index contributed by atoms with van der Waals surface area (Å²) >= 11 is 0. The van der Waals surface area contributed by atoms with Crippen LogP contribution < -0.4 is 11.1 Å². The third kappa shape index (κ3) is 6.13. The summed E-state index contributed by atoms with van der Waals surface area (Å²) in [6.07, 6.45) is 5.45. The Bertz CT molecular complexity index is 2150. The van der Waals surface area contributed by atoms with Gasteiger partial charge in [0.15, 0.2) is 0 Å². The fraction of sp³-hybridized carbons (Fsp3) is 0.0233. The second-order valence-corrected chi connectivity index (χ2v) is 11.0. The number of hydrogen-bond donors (Lipinski definition) is 2. The lowest BCUT2D eigenvalue weighted by Gasteiger charge is -2.18. The fourth-order valence-corrected chi connectivity index (χ4v) is 5.87. The Labute approximate surface area is 265 Å². The molecule has 45 heavy (non-hydrogen) atoms. The van der Waals surface area contributed by atoms with Crippen LogP contribution in [0.3, 0.4) is 0 Å². The van der Waals surface area contributed by atoms with Crippen molar-refractivity contribution in [1.29, 1.82) is 0 Å². The van der Waals surface area contributed by atoms with Crippen molar-refractivity contribution in [3.05, 3.63) is 176 Å². The van der Waals surface area contributed by atoms with Gasteiger partial charge in [0, 0.05) is 5.69 Å². The number of fused-ring (bicyclic) bond motifs is 3. The second kappa shape index (κ2) is 13.2. The average Bonchev–Trinajstić information content (AvgIpc) is 3.08. The van der Waals surface area contributed by atoms with Crippen LogP contribution in [-0.4, -0.2) is 0 Å². The Morgan fingerprint density at radius 2 is 1.13 bits per heavy atom. The molecule has 0 spiro atoms. The van der Waals surface area contributed by atoms with E-state index in [1.807, 2.05) is 37.3 Å². The highest BCUT2D eigenvalue weighted by molar-refractivity contribution is 6.21. The van der Waals surface area contributed by atoms with E-state index in [2.05, 4.69) is 134 Å². The van der Waals surface area contributed by atoms with Crippen LogP contribution in [-0.2, 0) is 0 Å². The van der Waals surface area contributed by atoms with Crippen molar-refractivity contribution in [3.63, 3.8) is 0 Å². The largest absolute Gasteiger partial charge is 0.397 e. The number of nitrogen functional groups attached to an aromatic ring is 1. The van der Waals surface area contributed by atoms with E-state index in [1.54, 1.807) is 12.2 Å². The average molecular weight is 581 g/mol. The van der Waals surface area contributed by atoms with Crippen molar-refractivity contribution >= 4 is 49.4 Å². The summed E-state index contributed by atoms with van der Waals surface area (Å²) in [6.45, 7) is 9.07. The van der Waals surface area contributed by atoms with Crippen molar-refractivity contribution < 1.29 is 0 Å². The molecule has 0 amide bonds. The first-order valence-corrected chi connectivity index (χ1v) is 15.1. The number of para-hydroxylation sites is 2. The molecular weight excluding hydrogens is 544 g/mol. The summed E-state index contributed by atoms with van der Waals surface area (Å²) < 4.78 is 0. The maximum absolute atomic E-state index is 6.21. The van der Waals surface area contributed by atoms with Gasteiger partial charge in [0.25, 0.3) is 0 Å². The molecule has 0 aliphatic heterocycles. The Balaban J connectivity index is 0.000000460. The third-order valence-corrected chi connectivity index (χ3v) is 8.06. The van der Waals surface area contributed by atoms with Crippen molar-refractivity contribution in [2.24, 2.45) is 0 Å². The lowest BCUT2D eigenvalue weighted by atomic mass is 9.85. The number of anilines is 3. The van der Waals surface area contributed by atoms with Crippen LogP contribution in [0, 0.1) is 0 Å². The molecule has 0 unspecified atom stereocenters. The number of hydrogen-bond acceptors (Lipinski definition) is 2. The van der Waals surface area contributed by atoms with Gasteiger partial charge in [-0.05, 0) is 91.8 Å². The van der Waals surface area contributed by atoms with E-state index in [1.165, 1.54) is 54.6 Å². The molecule has 0 heterocycles. The van der Waals surface area contributed by atoms with Crippen molar-refractivity contribution in [3.8, 4) is 22.3 Å². The van der Waals surface area contributed by atoms with Gasteiger partial charge in [0.05, 0.1) is 11.4 Å². The van der Waals surface area contributed by atoms with Crippen LogP contribution in [0.1, 0.15) is 6.92 Å². The number of nitrogens with one attached hydrogen (secondary N) is 1. The Kier molecular flexibility index (Phi) is 8.57. The fourth-order valence-electron chi connectivity index (χ4n) is 5.87. The zero-order chi connectivity index (χ0) is 31.2. The molecule has 7 aromatic carbocycles. The smallest absolute Gasteiger partial charge is 0.0617 e. The minimum absolute atomic E-state index is 0.730. The van der Waals surface area contributed by atoms with E-state index in [0.29, 0.717) is 0 Å². The summed E-state index contributed by atoms with van der Waals surface area (Å²) in [6, 6.07) is 49.4. The van der Waals surface area contributed by atoms with Gasteiger partial charge in [0.2, 0.25) is 0 Å². The van der Waals surface area contributed by atoms with E-state index >= 15 is 0 Å². The zero-order valence-electron chi connectivity index (χ0n) is 25.5. The lowest BCUT2D eigenvalue weighted by molar-refractivity contribution is 1.54. The Hall–Kier alpha value is -5.86. The van der Waals surface area contributed by atoms with Crippen LogP contribution in [0.15, 0.2) is 176 Å². The van der Waals surface area contributed by atoms with Gasteiger partial charge in [-0.1, -0.05) is 146 Å². The summed E-state index contributed by atoms with van der Waals surface area (Å²) in [5.74, 6) is 0. The Morgan fingerprint density at radius 3 is 1.71 bits per heavy atom. The van der Waals surface area contributed by atoms with Gasteiger partial charge in [-0.2, -0.15) is 0 Å². The molecule has 0 radical (unpaired) electrons. The van der Waals surface area contributed by atoms with E-state index in [0.717, 1.165) is 22.6 Å². The van der Waals surface area contributed by atoms with Gasteiger partial charge in [-0.25, -0.2) is 0 Å². The highest BCUT2D eigenvalue weighted by Gasteiger charge is 2.17. The van der Waals surface area contributed by atoms with Crippen LogP contribution in [0.5, 0.6) is 0 Å². The van der Waals surface area contributed by atoms with Gasteiger partial charge in [0.1, 0.15) is 0 Å². The van der Waals surface area contributed by atoms with Crippen LogP contribution in [0.2, 0.25) is 0 Å². The van der Waals surface area contributed by atoms with Crippen LogP contribution >= 0.6 is 0 Å². The lowest BCUT2D eigenvalue weighted by Crippen LogP contribution is -1.96. The maximum Gasteiger partial charge on any atom is 0.0617 e. The van der Waals surface area contributed by atoms with Gasteiger partial charge < -0.3 is 11.1 Å². The van der Waals surface area contributed by atoms with Gasteiger partial charge in [-0.15, -0.1) is 0 Å². The molecule has 0 aromatic heterocycles. The molecule has 3 N–H and O–H groups in total. The molecule has 0 atom stereocenters. The maximum atomic E-state index is 6.21. The SMILES string of the molecule is C=C/C=C(/C)C=C.Nc1ccccc1Nc1cccc(-c2c3ccccc3c(-c3ccc4ccccc4c3)c3ccccc23)c1. The topological polar surface area (TPSA) is 38.0 Å². The summed E-state index contributed by atoms with van der Waals surface area (Å²) in [5, 5.41) is 11.0. The molecular formula is C43H36N2. The first-order valence-electron chi connectivity index (χ1n) is 15.1. The van der Waals surface area contributed by atoms with Crippen molar-refractivity contribution in [2.75, 3.05) is 11.1 Å². The molecule has 2 nitrogen and oxygen atoms in total. The minimum Gasteiger partial charge on any atom is -0.397 e. The van der Waals surface area contributed by atoms with Crippen LogP contribution in [0.25, 0.3) is 54.6 Å². The number of nitrogens with two attached hydrogens (primary N) is 1. The number of rotatable bonds is 6. The standard InChI is InChI=1S/C36H26N2.C7H10/c37-33-18-7-8-19-34(33)38-28-13-9-12-26(23-28)35-29-14-3-5-16-31(29)36(32-17-6-4-15-30(32)35)27-21-20-24-10-1-2-11-25(24)22-27;1-4-6-7(3)5-2/h1-23,38H,37H2;4-6H,1-2H2,3H3/b;7-6-. The van der Waals surface area contributed by atoms with Crippen LogP contribution in [0.4, 0.5) is 17.1 Å². The third-order valence-electron chi connectivity index (χ3n) is 8.06. The summed E-state index contributed by atoms with van der Waals surface area (Å²) in [7, 11) is 0. The van der Waals surface area contributed by atoms with Crippen molar-refractivity contribution in [2.45, 2.75) is 6.92 Å². The normalized spacial score (nSPS) is 11.2. The molecule has 7 aromatic rings. The molecule has 0 saturated heterocycles. The summed E-state index contributed by atoms with van der Waals surface area (Å²) in [5.41, 5.74) is 14.9.